The van der Waals surface area contributed by atoms with Crippen molar-refractivity contribution in [3.8, 4) is 0 Å². The van der Waals surface area contributed by atoms with E-state index in [-0.39, 0.29) is 18.9 Å². The number of carbonyl (C=O) groups is 1. The van der Waals surface area contributed by atoms with Gasteiger partial charge in [-0.3, -0.25) is 9.78 Å². The van der Waals surface area contributed by atoms with E-state index in [1.807, 2.05) is 0 Å². The molecule has 2 aromatic rings. The van der Waals surface area contributed by atoms with E-state index in [1.165, 1.54) is 12.3 Å². The number of alkyl halides is 3. The topological polar surface area (TPSA) is 67.8 Å². The van der Waals surface area contributed by atoms with Crippen LogP contribution < -0.4 is 5.32 Å². The van der Waals surface area contributed by atoms with E-state index < -0.39 is 11.9 Å². The maximum absolute atomic E-state index is 12.3. The molecule has 0 saturated carbocycles. The van der Waals surface area contributed by atoms with Crippen LogP contribution in [0, 0.1) is 0 Å². The lowest BCUT2D eigenvalue weighted by Gasteiger charge is -2.06. The second-order valence-electron chi connectivity index (χ2n) is 3.90. The highest BCUT2D eigenvalue weighted by molar-refractivity contribution is 6.99. The van der Waals surface area contributed by atoms with Crippen molar-refractivity contribution >= 4 is 17.6 Å². The second-order valence-corrected chi connectivity index (χ2v) is 4.46. The Kier molecular flexibility index (Phi) is 4.28. The van der Waals surface area contributed by atoms with Gasteiger partial charge in [0.15, 0.2) is 0 Å². The molecule has 0 bridgehead atoms. The van der Waals surface area contributed by atoms with Gasteiger partial charge in [-0.1, -0.05) is 6.07 Å². The van der Waals surface area contributed by atoms with Gasteiger partial charge in [-0.25, -0.2) is 0 Å². The maximum Gasteiger partial charge on any atom is 0.433 e. The number of amides is 1. The Morgan fingerprint density at radius 2 is 2.10 bits per heavy atom. The average molecular weight is 302 g/mol. The zero-order valence-electron chi connectivity index (χ0n) is 10.0. The van der Waals surface area contributed by atoms with Gasteiger partial charge in [-0.15, -0.1) is 0 Å². The van der Waals surface area contributed by atoms with Crippen LogP contribution >= 0.6 is 11.7 Å². The zero-order valence-corrected chi connectivity index (χ0v) is 10.8. The zero-order chi connectivity index (χ0) is 14.6. The monoisotopic (exact) mass is 302 g/mol. The number of hydrogen-bond acceptors (Lipinski definition) is 5. The Morgan fingerprint density at radius 1 is 1.30 bits per heavy atom. The van der Waals surface area contributed by atoms with Gasteiger partial charge in [-0.05, 0) is 11.6 Å². The van der Waals surface area contributed by atoms with Crippen molar-refractivity contribution in [3.05, 3.63) is 41.5 Å². The van der Waals surface area contributed by atoms with E-state index in [0.29, 0.717) is 11.3 Å². The third-order valence-electron chi connectivity index (χ3n) is 2.35. The summed E-state index contributed by atoms with van der Waals surface area (Å²) in [4.78, 5) is 14.9. The van der Waals surface area contributed by atoms with Gasteiger partial charge in [0.2, 0.25) is 5.91 Å². The minimum atomic E-state index is -4.47. The van der Waals surface area contributed by atoms with E-state index in [9.17, 15) is 18.0 Å². The molecule has 1 amide bonds. The summed E-state index contributed by atoms with van der Waals surface area (Å²) in [7, 11) is 0. The Bertz CT molecular complexity index is 568. The lowest BCUT2D eigenvalue weighted by molar-refractivity contribution is -0.141. The molecule has 0 unspecified atom stereocenters. The predicted octanol–water partition coefficient (Wildman–Crippen LogP) is 1.81. The van der Waals surface area contributed by atoms with Crippen molar-refractivity contribution in [2.75, 3.05) is 0 Å². The van der Waals surface area contributed by atoms with E-state index in [2.05, 4.69) is 19.0 Å². The molecular weight excluding hydrogens is 293 g/mol. The third kappa shape index (κ3) is 3.98. The molecule has 1 N–H and O–H groups in total. The van der Waals surface area contributed by atoms with Crippen molar-refractivity contribution < 1.29 is 18.0 Å². The van der Waals surface area contributed by atoms with Gasteiger partial charge in [-0.2, -0.15) is 21.9 Å². The summed E-state index contributed by atoms with van der Waals surface area (Å²) in [6.45, 7) is 0.239. The molecule has 5 nitrogen and oxygen atoms in total. The van der Waals surface area contributed by atoms with Gasteiger partial charge >= 0.3 is 6.18 Å². The molecule has 0 aliphatic carbocycles. The third-order valence-corrected chi connectivity index (χ3v) is 2.87. The number of rotatable bonds is 4. The quantitative estimate of drug-likeness (QED) is 0.935. The number of nitrogens with one attached hydrogen (secondary N) is 1. The summed E-state index contributed by atoms with van der Waals surface area (Å²) in [6.07, 6.45) is -1.93. The fourth-order valence-corrected chi connectivity index (χ4v) is 1.83. The van der Waals surface area contributed by atoms with Gasteiger partial charge < -0.3 is 5.32 Å². The number of aromatic nitrogens is 3. The van der Waals surface area contributed by atoms with Crippen LogP contribution in [0.4, 0.5) is 13.2 Å². The Morgan fingerprint density at radius 3 is 2.65 bits per heavy atom. The highest BCUT2D eigenvalue weighted by Gasteiger charge is 2.32. The molecule has 0 aromatic carbocycles. The molecule has 9 heteroatoms. The fraction of sp³-hybridized carbons (Fsp3) is 0.273. The molecule has 0 aliphatic heterocycles. The standard InChI is InChI=1S/C11H9F3N4OS/c12-11(13,14)9-2-1-7(4-15-9)3-10(19)16-5-8-6-17-20-18-8/h1-2,4,6H,3,5H2,(H,16,19). The number of pyridine rings is 1. The summed E-state index contributed by atoms with van der Waals surface area (Å²) >= 11 is 1.03. The summed E-state index contributed by atoms with van der Waals surface area (Å²) in [5, 5.41) is 2.59. The van der Waals surface area contributed by atoms with E-state index in [0.717, 1.165) is 24.0 Å². The van der Waals surface area contributed by atoms with E-state index in [1.54, 1.807) is 0 Å². The molecule has 0 spiro atoms. The molecule has 0 saturated heterocycles. The first-order valence-electron chi connectivity index (χ1n) is 5.50. The molecule has 0 aliphatic rings. The van der Waals surface area contributed by atoms with Crippen LogP contribution in [-0.2, 0) is 23.9 Å². The van der Waals surface area contributed by atoms with Gasteiger partial charge in [0, 0.05) is 6.20 Å². The summed E-state index contributed by atoms with van der Waals surface area (Å²) < 4.78 is 44.6. The molecule has 2 heterocycles. The Balaban J connectivity index is 1.88. The number of carbonyl (C=O) groups excluding carboxylic acids is 1. The maximum atomic E-state index is 12.3. The second kappa shape index (κ2) is 5.95. The highest BCUT2D eigenvalue weighted by Crippen LogP contribution is 2.27. The first kappa shape index (κ1) is 14.4. The summed E-state index contributed by atoms with van der Waals surface area (Å²) in [6, 6.07) is 2.09. The van der Waals surface area contributed by atoms with Crippen molar-refractivity contribution in [1.82, 2.24) is 19.0 Å². The van der Waals surface area contributed by atoms with Crippen LogP contribution in [0.25, 0.3) is 0 Å². The molecule has 106 valence electrons. The first-order valence-corrected chi connectivity index (χ1v) is 6.23. The summed E-state index contributed by atoms with van der Waals surface area (Å²) in [5.41, 5.74) is 0.0657. The van der Waals surface area contributed by atoms with Crippen LogP contribution in [0.1, 0.15) is 17.0 Å². The van der Waals surface area contributed by atoms with Crippen molar-refractivity contribution in [3.63, 3.8) is 0 Å². The van der Waals surface area contributed by atoms with Gasteiger partial charge in [0.1, 0.15) is 5.69 Å². The Labute approximate surface area is 116 Å². The minimum absolute atomic E-state index is 0.0390. The number of halogens is 3. The van der Waals surface area contributed by atoms with Crippen LogP contribution in [0.3, 0.4) is 0 Å². The molecular formula is C11H9F3N4OS. The molecule has 20 heavy (non-hydrogen) atoms. The smallest absolute Gasteiger partial charge is 0.350 e. The van der Waals surface area contributed by atoms with Crippen molar-refractivity contribution in [2.24, 2.45) is 0 Å². The lowest BCUT2D eigenvalue weighted by atomic mass is 10.2. The van der Waals surface area contributed by atoms with Gasteiger partial charge in [0.05, 0.1) is 36.6 Å². The fourth-order valence-electron chi connectivity index (χ4n) is 1.40. The highest BCUT2D eigenvalue weighted by atomic mass is 32.1. The van der Waals surface area contributed by atoms with Crippen molar-refractivity contribution in [2.45, 2.75) is 19.1 Å². The van der Waals surface area contributed by atoms with Crippen LogP contribution in [0.15, 0.2) is 24.5 Å². The van der Waals surface area contributed by atoms with E-state index in [4.69, 9.17) is 0 Å². The van der Waals surface area contributed by atoms with Crippen LogP contribution in [0.5, 0.6) is 0 Å². The first-order chi connectivity index (χ1) is 9.45. The number of nitrogens with zero attached hydrogens (tertiary/aromatic N) is 3. The normalized spacial score (nSPS) is 11.3. The minimum Gasteiger partial charge on any atom is -0.350 e. The molecule has 2 rings (SSSR count). The van der Waals surface area contributed by atoms with Crippen LogP contribution in [-0.4, -0.2) is 19.6 Å². The largest absolute Gasteiger partial charge is 0.433 e. The average Bonchev–Trinajstić information content (AvgIpc) is 2.89. The van der Waals surface area contributed by atoms with Crippen molar-refractivity contribution in [1.29, 1.82) is 0 Å². The van der Waals surface area contributed by atoms with Gasteiger partial charge in [0.25, 0.3) is 0 Å². The molecule has 2 aromatic heterocycles. The van der Waals surface area contributed by atoms with Crippen LogP contribution in [0.2, 0.25) is 0 Å². The molecule has 0 fully saturated rings. The lowest BCUT2D eigenvalue weighted by Crippen LogP contribution is -2.24. The molecule has 0 atom stereocenters. The number of hydrogen-bond donors (Lipinski definition) is 1. The summed E-state index contributed by atoms with van der Waals surface area (Å²) in [5.74, 6) is -0.320. The Hall–Kier alpha value is -2.03. The van der Waals surface area contributed by atoms with E-state index >= 15 is 0 Å². The molecule has 0 radical (unpaired) electrons. The predicted molar refractivity (Wildman–Crippen MR) is 64.7 cm³/mol. The SMILES string of the molecule is O=C(Cc1ccc(C(F)(F)F)nc1)NCc1cnsn1.